The lowest BCUT2D eigenvalue weighted by Gasteiger charge is -2.60. The first-order valence-electron chi connectivity index (χ1n) is 15.2. The zero-order valence-electron chi connectivity index (χ0n) is 24.7. The molecule has 5 N–H and O–H groups in total. The van der Waals surface area contributed by atoms with E-state index >= 15 is 0 Å². The van der Waals surface area contributed by atoms with Crippen molar-refractivity contribution in [3.8, 4) is 0 Å². The van der Waals surface area contributed by atoms with Gasteiger partial charge in [-0.1, -0.05) is 55.8 Å². The summed E-state index contributed by atoms with van der Waals surface area (Å²) in [6.07, 6.45) is 6.14. The van der Waals surface area contributed by atoms with Crippen LogP contribution in [0.1, 0.15) is 63.4 Å². The Morgan fingerprint density at radius 3 is 2.65 bits per heavy atom. The molecule has 8 heteroatoms. The summed E-state index contributed by atoms with van der Waals surface area (Å²) in [7, 11) is 0. The van der Waals surface area contributed by atoms with Crippen molar-refractivity contribution in [3.63, 3.8) is 0 Å². The summed E-state index contributed by atoms with van der Waals surface area (Å²) < 4.78 is 6.41. The fourth-order valence-corrected chi connectivity index (χ4v) is 9.89. The zero-order valence-corrected chi connectivity index (χ0v) is 25.6. The number of allylic oxidation sites excluding steroid dienone is 4. The molecule has 0 aromatic heterocycles. The van der Waals surface area contributed by atoms with Crippen LogP contribution in [-0.4, -0.2) is 45.2 Å². The van der Waals surface area contributed by atoms with Crippen LogP contribution in [-0.2, 0) is 20.1 Å². The molecule has 2 aromatic rings. The van der Waals surface area contributed by atoms with Gasteiger partial charge in [0.1, 0.15) is 12.2 Å². The number of carbonyl (C=O) groups is 2. The molecule has 3 fully saturated rings. The van der Waals surface area contributed by atoms with E-state index in [4.69, 9.17) is 10.5 Å². The number of nitrogen functional groups attached to an aromatic ring is 1. The van der Waals surface area contributed by atoms with Crippen LogP contribution in [0.2, 0.25) is 0 Å². The van der Waals surface area contributed by atoms with Crippen LogP contribution in [0.25, 0.3) is 0 Å². The second-order valence-electron chi connectivity index (χ2n) is 13.2. The number of aliphatic hydroxyl groups is 3. The molecule has 6 rings (SSSR count). The number of ketones is 2. The lowest BCUT2D eigenvalue weighted by atomic mass is 9.46. The topological polar surface area (TPSA) is 130 Å². The van der Waals surface area contributed by atoms with Crippen molar-refractivity contribution in [3.05, 3.63) is 83.5 Å². The van der Waals surface area contributed by atoms with Gasteiger partial charge in [0.25, 0.3) is 0 Å². The number of hydrogen-bond donors (Lipinski definition) is 4. The highest BCUT2D eigenvalue weighted by Crippen LogP contribution is 2.68. The van der Waals surface area contributed by atoms with E-state index in [2.05, 4.69) is 6.92 Å². The molecule has 0 heterocycles. The van der Waals surface area contributed by atoms with Crippen LogP contribution in [0, 0.1) is 28.6 Å². The predicted octanol–water partition coefficient (Wildman–Crippen LogP) is 5.15. The average molecular weight is 604 g/mol. The Bertz CT molecular complexity index is 1470. The van der Waals surface area contributed by atoms with Gasteiger partial charge < -0.3 is 25.8 Å². The summed E-state index contributed by atoms with van der Waals surface area (Å²) in [4.78, 5) is 26.8. The monoisotopic (exact) mass is 603 g/mol. The zero-order chi connectivity index (χ0) is 30.6. The number of ether oxygens (including phenoxy) is 1. The molecule has 4 aliphatic rings. The molecule has 0 aliphatic heterocycles. The van der Waals surface area contributed by atoms with Crippen molar-refractivity contribution in [2.75, 3.05) is 12.3 Å². The minimum Gasteiger partial charge on any atom is -0.399 e. The van der Waals surface area contributed by atoms with Gasteiger partial charge in [-0.25, -0.2) is 0 Å². The normalized spacial score (nSPS) is 35.5. The second kappa shape index (κ2) is 11.3. The smallest absolute Gasteiger partial charge is 0.190 e. The number of nitrogens with two attached hydrogens (primary N) is 1. The summed E-state index contributed by atoms with van der Waals surface area (Å²) in [6, 6.07) is 15.2. The molecule has 2 unspecified atom stereocenters. The van der Waals surface area contributed by atoms with E-state index in [9.17, 15) is 24.9 Å². The summed E-state index contributed by atoms with van der Waals surface area (Å²) in [5.74, 6) is 0.345. The first-order chi connectivity index (χ1) is 20.5. The van der Waals surface area contributed by atoms with E-state index in [0.717, 1.165) is 40.3 Å². The molecule has 0 bridgehead atoms. The number of aliphatic hydroxyl groups excluding tert-OH is 3. The molecule has 228 valence electrons. The summed E-state index contributed by atoms with van der Waals surface area (Å²) >= 11 is 1.67. The molecule has 8 atom stereocenters. The van der Waals surface area contributed by atoms with Gasteiger partial charge in [-0.05, 0) is 79.9 Å². The first-order valence-corrected chi connectivity index (χ1v) is 16.2. The Morgan fingerprint density at radius 1 is 1.16 bits per heavy atom. The largest absolute Gasteiger partial charge is 0.399 e. The van der Waals surface area contributed by atoms with E-state index in [1.54, 1.807) is 23.9 Å². The summed E-state index contributed by atoms with van der Waals surface area (Å²) in [5.41, 5.74) is 6.64. The summed E-state index contributed by atoms with van der Waals surface area (Å²) in [6.45, 7) is 3.41. The first kappa shape index (κ1) is 30.3. The van der Waals surface area contributed by atoms with Crippen LogP contribution >= 0.6 is 11.8 Å². The SMILES string of the molecule is C[C@]12C=CC(=O)C=C1CC[C@@H]1C2[C@@H](O)C[C@@]2(C)C1CC[C@]2(O[C@@H](O)c1ccc(CSc2cccc(N)c2)cc1)C(=O)CO. The Labute approximate surface area is 257 Å². The number of rotatable bonds is 8. The van der Waals surface area contributed by atoms with Gasteiger partial charge in [0.2, 0.25) is 0 Å². The van der Waals surface area contributed by atoms with Crippen LogP contribution in [0.5, 0.6) is 0 Å². The molecule has 7 nitrogen and oxygen atoms in total. The van der Waals surface area contributed by atoms with Gasteiger partial charge in [-0.15, -0.1) is 11.8 Å². The molecule has 3 saturated carbocycles. The Morgan fingerprint density at radius 2 is 1.93 bits per heavy atom. The Hall–Kier alpha value is -2.75. The fourth-order valence-electron chi connectivity index (χ4n) is 8.97. The summed E-state index contributed by atoms with van der Waals surface area (Å²) in [5, 5.41) is 33.3. The van der Waals surface area contributed by atoms with Crippen molar-refractivity contribution in [2.45, 2.75) is 74.6 Å². The molecular formula is C35H41NO6S. The quantitative estimate of drug-likeness (QED) is 0.185. The molecular weight excluding hydrogens is 562 g/mol. The molecule has 43 heavy (non-hydrogen) atoms. The van der Waals surface area contributed by atoms with Crippen molar-refractivity contribution in [2.24, 2.45) is 28.6 Å². The molecule has 0 amide bonds. The highest BCUT2D eigenvalue weighted by molar-refractivity contribution is 7.98. The standard InChI is InChI=1S/C35H41NO6S/c1-33-14-12-25(38)16-23(33)10-11-27-28-13-15-35(30(40)19-37,34(28,2)18-29(39)31(27)33)42-32(41)22-8-6-21(7-9-22)20-43-26-5-3-4-24(36)17-26/h3-9,12,14,16-17,27-29,31-32,37,39,41H,10-11,13,15,18-20,36H2,1-2H3/t27-,28?,29-,31?,32+,33-,34-,35-/m0/s1. The van der Waals surface area contributed by atoms with Crippen molar-refractivity contribution in [1.82, 2.24) is 0 Å². The van der Waals surface area contributed by atoms with Crippen molar-refractivity contribution in [1.29, 1.82) is 0 Å². The third kappa shape index (κ3) is 5.01. The van der Waals surface area contributed by atoms with Gasteiger partial charge >= 0.3 is 0 Å². The minimum atomic E-state index is -1.44. The highest BCUT2D eigenvalue weighted by atomic mass is 32.2. The Balaban J connectivity index is 1.23. The maximum Gasteiger partial charge on any atom is 0.190 e. The second-order valence-corrected chi connectivity index (χ2v) is 14.3. The number of Topliss-reactive ketones (excluding diaryl/α,β-unsaturated/α-hetero) is 1. The van der Waals surface area contributed by atoms with Crippen LogP contribution in [0.4, 0.5) is 5.69 Å². The maximum absolute atomic E-state index is 13.6. The number of carbonyl (C=O) groups excluding carboxylic acids is 2. The van der Waals surface area contributed by atoms with Gasteiger partial charge in [0.05, 0.1) is 6.10 Å². The van der Waals surface area contributed by atoms with Gasteiger partial charge in [0.15, 0.2) is 17.9 Å². The van der Waals surface area contributed by atoms with E-state index in [1.165, 1.54) is 0 Å². The van der Waals surface area contributed by atoms with Gasteiger partial charge in [-0.2, -0.15) is 0 Å². The van der Waals surface area contributed by atoms with Crippen LogP contribution in [0.3, 0.4) is 0 Å². The number of hydrogen-bond acceptors (Lipinski definition) is 8. The van der Waals surface area contributed by atoms with Crippen LogP contribution < -0.4 is 5.73 Å². The highest BCUT2D eigenvalue weighted by Gasteiger charge is 2.69. The number of thioether (sulfide) groups is 1. The van der Waals surface area contributed by atoms with E-state index < -0.39 is 41.2 Å². The number of anilines is 1. The van der Waals surface area contributed by atoms with E-state index in [1.807, 2.05) is 61.5 Å². The lowest BCUT2D eigenvalue weighted by Crippen LogP contribution is -2.62. The number of fused-ring (bicyclic) bond motifs is 5. The van der Waals surface area contributed by atoms with Crippen molar-refractivity contribution >= 4 is 29.0 Å². The van der Waals surface area contributed by atoms with Crippen LogP contribution in [0.15, 0.2) is 77.2 Å². The lowest BCUT2D eigenvalue weighted by molar-refractivity contribution is -0.243. The minimum absolute atomic E-state index is 0.00922. The third-order valence-electron chi connectivity index (χ3n) is 11.1. The number of benzene rings is 2. The Kier molecular flexibility index (Phi) is 7.97. The van der Waals surface area contributed by atoms with E-state index in [0.29, 0.717) is 24.8 Å². The fraction of sp³-hybridized carbons (Fsp3) is 0.486. The molecule has 0 radical (unpaired) electrons. The average Bonchev–Trinajstić information content (AvgIpc) is 3.28. The van der Waals surface area contributed by atoms with Crippen molar-refractivity contribution < 1.29 is 29.6 Å². The molecule has 4 aliphatic carbocycles. The predicted molar refractivity (Wildman–Crippen MR) is 166 cm³/mol. The van der Waals surface area contributed by atoms with Gasteiger partial charge in [0, 0.05) is 38.6 Å². The third-order valence-corrected chi connectivity index (χ3v) is 12.1. The molecule has 2 aromatic carbocycles. The maximum atomic E-state index is 13.6. The molecule has 0 saturated heterocycles. The molecule has 0 spiro atoms. The van der Waals surface area contributed by atoms with Gasteiger partial charge in [-0.3, -0.25) is 9.59 Å². The van der Waals surface area contributed by atoms with E-state index in [-0.39, 0.29) is 23.5 Å².